The molecule has 0 amide bonds. The van der Waals surface area contributed by atoms with Crippen LogP contribution in [0.2, 0.25) is 0 Å². The Morgan fingerprint density at radius 3 is 2.62 bits per heavy atom. The minimum atomic E-state index is -2.67. The lowest BCUT2D eigenvalue weighted by Crippen LogP contribution is -2.01. The molecule has 0 saturated heterocycles. The molecule has 72 valence electrons. The Labute approximate surface area is 82.0 Å². The summed E-state index contributed by atoms with van der Waals surface area (Å²) in [5.74, 6) is -0.0185. The maximum Gasteiger partial charge on any atom is 0.269 e. The zero-order chi connectivity index (χ0) is 10.0. The van der Waals surface area contributed by atoms with Crippen molar-refractivity contribution in [2.24, 2.45) is 0 Å². The van der Waals surface area contributed by atoms with Gasteiger partial charge in [0.1, 0.15) is 4.60 Å². The highest BCUT2D eigenvalue weighted by Gasteiger charge is 2.20. The molecule has 0 aliphatic carbocycles. The monoisotopic (exact) mass is 252 g/mol. The summed E-state index contributed by atoms with van der Waals surface area (Å²) >= 11 is 2.98. The highest BCUT2D eigenvalue weighted by molar-refractivity contribution is 9.10. The second-order valence-electron chi connectivity index (χ2n) is 2.25. The first-order valence-corrected chi connectivity index (χ1v) is 4.13. The van der Waals surface area contributed by atoms with E-state index in [1.54, 1.807) is 0 Å². The van der Waals surface area contributed by atoms with Gasteiger partial charge in [0.25, 0.3) is 6.43 Å². The van der Waals surface area contributed by atoms with E-state index < -0.39 is 6.43 Å². The number of nitrogens with zero attached hydrogens (tertiary/aromatic N) is 1. The largest absolute Gasteiger partial charge is 0.493 e. The summed E-state index contributed by atoms with van der Waals surface area (Å²) in [4.78, 5) is 3.73. The molecular formula is C7H7BrF2N2O. The number of ether oxygens (including phenoxy) is 1. The molecule has 6 heteroatoms. The summed E-state index contributed by atoms with van der Waals surface area (Å²) in [7, 11) is 1.28. The number of methoxy groups -OCH3 is 1. The van der Waals surface area contributed by atoms with Crippen LogP contribution in [-0.4, -0.2) is 12.1 Å². The first-order valence-electron chi connectivity index (χ1n) is 3.34. The van der Waals surface area contributed by atoms with Crippen molar-refractivity contribution in [3.05, 3.63) is 16.4 Å². The van der Waals surface area contributed by atoms with Crippen molar-refractivity contribution in [2.45, 2.75) is 6.43 Å². The number of aromatic nitrogens is 1. The van der Waals surface area contributed by atoms with Gasteiger partial charge in [-0.15, -0.1) is 0 Å². The van der Waals surface area contributed by atoms with E-state index in [9.17, 15) is 8.78 Å². The average molecular weight is 253 g/mol. The summed E-state index contributed by atoms with van der Waals surface area (Å²) < 4.78 is 29.9. The summed E-state index contributed by atoms with van der Waals surface area (Å²) in [6, 6.07) is 0. The van der Waals surface area contributed by atoms with Crippen molar-refractivity contribution in [1.82, 2.24) is 4.98 Å². The van der Waals surface area contributed by atoms with E-state index in [1.165, 1.54) is 7.11 Å². The number of hydrogen-bond donors (Lipinski definition) is 1. The maximum absolute atomic E-state index is 12.4. The van der Waals surface area contributed by atoms with Crippen LogP contribution in [0.25, 0.3) is 0 Å². The second kappa shape index (κ2) is 3.87. The molecule has 0 bridgehead atoms. The lowest BCUT2D eigenvalue weighted by Gasteiger charge is -2.10. The Balaban J connectivity index is 3.35. The lowest BCUT2D eigenvalue weighted by atomic mass is 10.2. The molecule has 0 aromatic carbocycles. The van der Waals surface area contributed by atoms with Crippen LogP contribution in [0.5, 0.6) is 5.75 Å². The molecule has 0 fully saturated rings. The number of anilines is 1. The molecule has 0 atom stereocenters. The van der Waals surface area contributed by atoms with Gasteiger partial charge >= 0.3 is 0 Å². The smallest absolute Gasteiger partial charge is 0.269 e. The van der Waals surface area contributed by atoms with Gasteiger partial charge in [-0.25, -0.2) is 13.8 Å². The van der Waals surface area contributed by atoms with Crippen LogP contribution in [0.3, 0.4) is 0 Å². The van der Waals surface area contributed by atoms with Crippen molar-refractivity contribution in [1.29, 1.82) is 0 Å². The van der Waals surface area contributed by atoms with Gasteiger partial charge in [0.15, 0.2) is 5.75 Å². The maximum atomic E-state index is 12.4. The van der Waals surface area contributed by atoms with Crippen LogP contribution >= 0.6 is 15.9 Å². The van der Waals surface area contributed by atoms with Gasteiger partial charge < -0.3 is 10.5 Å². The molecule has 13 heavy (non-hydrogen) atoms. The summed E-state index contributed by atoms with van der Waals surface area (Å²) in [6.45, 7) is 0. The van der Waals surface area contributed by atoms with Crippen LogP contribution in [0.15, 0.2) is 10.8 Å². The predicted molar refractivity (Wildman–Crippen MR) is 47.9 cm³/mol. The standard InChI is InChI=1S/C7H7BrF2N2O/c1-13-5-4(7(9)10)3(11)2-12-6(5)8/h2,7H,11H2,1H3. The first-order chi connectivity index (χ1) is 6.07. The Hall–Kier alpha value is -0.910. The molecule has 3 nitrogen and oxygen atoms in total. The molecule has 0 saturated carbocycles. The summed E-state index contributed by atoms with van der Waals surface area (Å²) in [6.07, 6.45) is -1.51. The van der Waals surface area contributed by atoms with Gasteiger partial charge in [0.2, 0.25) is 0 Å². The molecule has 0 aliphatic heterocycles. The quantitative estimate of drug-likeness (QED) is 0.823. The predicted octanol–water partition coefficient (Wildman–Crippen LogP) is 2.37. The van der Waals surface area contributed by atoms with Gasteiger partial charge in [-0.3, -0.25) is 0 Å². The summed E-state index contributed by atoms with van der Waals surface area (Å²) in [5, 5.41) is 0. The Morgan fingerprint density at radius 2 is 2.23 bits per heavy atom. The molecule has 0 radical (unpaired) electrons. The molecule has 1 heterocycles. The van der Waals surface area contributed by atoms with E-state index in [1.807, 2.05) is 0 Å². The number of nitrogen functional groups attached to an aromatic ring is 1. The van der Waals surface area contributed by atoms with Crippen LogP contribution in [0, 0.1) is 0 Å². The van der Waals surface area contributed by atoms with Gasteiger partial charge in [-0.1, -0.05) is 0 Å². The zero-order valence-electron chi connectivity index (χ0n) is 6.72. The van der Waals surface area contributed by atoms with E-state index in [4.69, 9.17) is 10.5 Å². The Morgan fingerprint density at radius 1 is 1.62 bits per heavy atom. The fourth-order valence-corrected chi connectivity index (χ4v) is 1.39. The molecule has 0 unspecified atom stereocenters. The molecule has 1 aromatic rings. The van der Waals surface area contributed by atoms with E-state index >= 15 is 0 Å². The number of nitrogens with two attached hydrogens (primary N) is 1. The van der Waals surface area contributed by atoms with E-state index in [2.05, 4.69) is 20.9 Å². The minimum Gasteiger partial charge on any atom is -0.493 e. The van der Waals surface area contributed by atoms with Crippen molar-refractivity contribution in [3.63, 3.8) is 0 Å². The van der Waals surface area contributed by atoms with Gasteiger partial charge in [0.05, 0.1) is 24.6 Å². The SMILES string of the molecule is COc1c(Br)ncc(N)c1C(F)F. The number of halogens is 3. The third-order valence-electron chi connectivity index (χ3n) is 1.48. The Bertz CT molecular complexity index is 320. The number of hydrogen-bond acceptors (Lipinski definition) is 3. The molecule has 0 aliphatic rings. The van der Waals surface area contributed by atoms with Gasteiger partial charge in [-0.05, 0) is 15.9 Å². The zero-order valence-corrected chi connectivity index (χ0v) is 8.31. The number of rotatable bonds is 2. The second-order valence-corrected chi connectivity index (χ2v) is 3.00. The van der Waals surface area contributed by atoms with E-state index in [0.717, 1.165) is 6.20 Å². The Kier molecular flexibility index (Phi) is 3.02. The topological polar surface area (TPSA) is 48.1 Å². The average Bonchev–Trinajstić information content (AvgIpc) is 2.07. The fraction of sp³-hybridized carbons (Fsp3) is 0.286. The highest BCUT2D eigenvalue weighted by Crippen LogP contribution is 2.37. The molecule has 2 N–H and O–H groups in total. The van der Waals surface area contributed by atoms with Crippen molar-refractivity contribution in [2.75, 3.05) is 12.8 Å². The van der Waals surface area contributed by atoms with E-state index in [-0.39, 0.29) is 21.6 Å². The third kappa shape index (κ3) is 1.88. The third-order valence-corrected chi connectivity index (χ3v) is 2.05. The minimum absolute atomic E-state index is 0.0185. The molecule has 0 spiro atoms. The van der Waals surface area contributed by atoms with Gasteiger partial charge in [-0.2, -0.15) is 0 Å². The van der Waals surface area contributed by atoms with Crippen molar-refractivity contribution < 1.29 is 13.5 Å². The first kappa shape index (κ1) is 10.2. The number of alkyl halides is 2. The fourth-order valence-electron chi connectivity index (χ4n) is 0.916. The lowest BCUT2D eigenvalue weighted by molar-refractivity contribution is 0.147. The summed E-state index contributed by atoms with van der Waals surface area (Å²) in [5.41, 5.74) is 4.92. The van der Waals surface area contributed by atoms with Crippen LogP contribution < -0.4 is 10.5 Å². The van der Waals surface area contributed by atoms with Crippen LogP contribution in [0.4, 0.5) is 14.5 Å². The highest BCUT2D eigenvalue weighted by atomic mass is 79.9. The van der Waals surface area contributed by atoms with Crippen molar-refractivity contribution >= 4 is 21.6 Å². The van der Waals surface area contributed by atoms with Crippen molar-refractivity contribution in [3.8, 4) is 5.75 Å². The normalized spacial score (nSPS) is 10.5. The van der Waals surface area contributed by atoms with E-state index in [0.29, 0.717) is 0 Å². The molecule has 1 rings (SSSR count). The van der Waals surface area contributed by atoms with Crippen LogP contribution in [0.1, 0.15) is 12.0 Å². The number of pyridine rings is 1. The van der Waals surface area contributed by atoms with Crippen LogP contribution in [-0.2, 0) is 0 Å². The molecular weight excluding hydrogens is 246 g/mol. The molecule has 1 aromatic heterocycles. The van der Waals surface area contributed by atoms with Gasteiger partial charge in [0, 0.05) is 0 Å².